The number of rotatable bonds is 4. The molecule has 1 aromatic rings. The molecule has 0 spiro atoms. The fourth-order valence-corrected chi connectivity index (χ4v) is 2.88. The van der Waals surface area contributed by atoms with E-state index in [0.717, 1.165) is 45.1 Å². The van der Waals surface area contributed by atoms with Gasteiger partial charge in [0.1, 0.15) is 0 Å². The second kappa shape index (κ2) is 8.08. The number of hydrogen-bond acceptors (Lipinski definition) is 4. The smallest absolute Gasteiger partial charge is 0.220 e. The summed E-state index contributed by atoms with van der Waals surface area (Å²) in [6, 6.07) is 8.81. The van der Waals surface area contributed by atoms with E-state index in [9.17, 15) is 0 Å². The molecule has 2 aliphatic rings. The van der Waals surface area contributed by atoms with Gasteiger partial charge < -0.3 is 15.4 Å². The molecule has 2 heterocycles. The van der Waals surface area contributed by atoms with Gasteiger partial charge >= 0.3 is 0 Å². The van der Waals surface area contributed by atoms with Crippen LogP contribution in [0.1, 0.15) is 8.35 Å². The van der Waals surface area contributed by atoms with Gasteiger partial charge in [-0.3, -0.25) is 4.90 Å². The molecule has 0 atom stereocenters. The highest BCUT2D eigenvalue weighted by atomic mass is 16.5. The Hall–Kier alpha value is -2.18. The summed E-state index contributed by atoms with van der Waals surface area (Å²) in [4.78, 5) is 13.3. The lowest BCUT2D eigenvalue weighted by Crippen LogP contribution is -2.56. The Morgan fingerprint density at radius 3 is 2.50 bits per heavy atom. The molecular formula is C18H27N5O. The van der Waals surface area contributed by atoms with E-state index in [1.165, 1.54) is 5.69 Å². The summed E-state index contributed by atoms with van der Waals surface area (Å²) in [6.07, 6.45) is 5.35. The van der Waals surface area contributed by atoms with Crippen molar-refractivity contribution >= 4 is 23.5 Å². The minimum atomic E-state index is 0. The quantitative estimate of drug-likeness (QED) is 0.678. The number of benzene rings is 1. The van der Waals surface area contributed by atoms with Crippen LogP contribution in [0, 0.1) is 0 Å². The summed E-state index contributed by atoms with van der Waals surface area (Å²) in [5.74, 6) is 0.261. The average Bonchev–Trinajstić information content (AvgIpc) is 2.55. The van der Waals surface area contributed by atoms with Crippen LogP contribution in [0.4, 0.5) is 11.4 Å². The molecule has 2 N–H and O–H groups in total. The third kappa shape index (κ3) is 4.21. The van der Waals surface area contributed by atoms with E-state index in [1.807, 2.05) is 31.2 Å². The zero-order valence-electron chi connectivity index (χ0n) is 14.1. The Morgan fingerprint density at radius 2 is 1.92 bits per heavy atom. The fourth-order valence-electron chi connectivity index (χ4n) is 2.88. The summed E-state index contributed by atoms with van der Waals surface area (Å²) < 4.78 is 5.28. The van der Waals surface area contributed by atoms with Crippen LogP contribution in [0.15, 0.2) is 46.4 Å². The number of nitrogens with two attached hydrogens (primary N) is 1. The Bertz CT molecular complexity index is 617. The Labute approximate surface area is 144 Å². The molecule has 0 unspecified atom stereocenters. The number of ether oxygens (including phenoxy) is 1. The maximum absolute atomic E-state index is 5.78. The third-order valence-corrected chi connectivity index (χ3v) is 4.39. The zero-order valence-corrected chi connectivity index (χ0v) is 14.1. The van der Waals surface area contributed by atoms with Gasteiger partial charge in [0, 0.05) is 39.5 Å². The minimum absolute atomic E-state index is 0. The van der Waals surface area contributed by atoms with Crippen LogP contribution < -0.4 is 10.6 Å². The number of hydrogen-bond donors (Lipinski definition) is 1. The molecule has 130 valence electrons. The predicted molar refractivity (Wildman–Crippen MR) is 102 cm³/mol. The van der Waals surface area contributed by atoms with E-state index in [0.29, 0.717) is 6.04 Å². The van der Waals surface area contributed by atoms with Gasteiger partial charge in [-0.15, -0.1) is 0 Å². The van der Waals surface area contributed by atoms with Gasteiger partial charge in [-0.05, 0) is 37.3 Å². The van der Waals surface area contributed by atoms with Gasteiger partial charge in [0.15, 0.2) is 0 Å². The molecule has 24 heavy (non-hydrogen) atoms. The van der Waals surface area contributed by atoms with Gasteiger partial charge in [0.2, 0.25) is 5.96 Å². The molecule has 0 saturated carbocycles. The maximum Gasteiger partial charge on any atom is 0.220 e. The van der Waals surface area contributed by atoms with E-state index in [4.69, 9.17) is 10.5 Å². The van der Waals surface area contributed by atoms with Gasteiger partial charge in [0.05, 0.1) is 24.9 Å². The number of anilines is 1. The van der Waals surface area contributed by atoms with Crippen molar-refractivity contribution in [2.75, 3.05) is 44.3 Å². The van der Waals surface area contributed by atoms with Crippen molar-refractivity contribution in [1.82, 2.24) is 4.90 Å². The van der Waals surface area contributed by atoms with Crippen molar-refractivity contribution in [2.45, 2.75) is 13.0 Å². The Kier molecular flexibility index (Phi) is 5.61. The first-order valence-corrected chi connectivity index (χ1v) is 8.42. The zero-order chi connectivity index (χ0) is 16.8. The number of piperazine rings is 1. The summed E-state index contributed by atoms with van der Waals surface area (Å²) >= 11 is 0. The van der Waals surface area contributed by atoms with Crippen molar-refractivity contribution in [3.63, 3.8) is 0 Å². The summed E-state index contributed by atoms with van der Waals surface area (Å²) in [6.45, 7) is 8.01. The molecule has 0 aliphatic carbocycles. The van der Waals surface area contributed by atoms with E-state index in [-0.39, 0.29) is 7.39 Å². The summed E-state index contributed by atoms with van der Waals surface area (Å²) in [5, 5.41) is 0. The Balaban J connectivity index is 0.00000225. The molecular weight excluding hydrogens is 302 g/mol. The van der Waals surface area contributed by atoms with E-state index in [1.54, 1.807) is 6.21 Å². The van der Waals surface area contributed by atoms with Gasteiger partial charge in [-0.2, -0.15) is 0 Å². The molecule has 2 aliphatic heterocycles. The van der Waals surface area contributed by atoms with Crippen molar-refractivity contribution in [3.05, 3.63) is 36.4 Å². The van der Waals surface area contributed by atoms with Crippen molar-refractivity contribution in [1.29, 1.82) is 0 Å². The first-order chi connectivity index (χ1) is 11.8. The monoisotopic (exact) mass is 329 g/mol. The van der Waals surface area contributed by atoms with Crippen LogP contribution in [0.25, 0.3) is 0 Å². The van der Waals surface area contributed by atoms with E-state index >= 15 is 0 Å². The van der Waals surface area contributed by atoms with Crippen LogP contribution in [0.5, 0.6) is 0 Å². The van der Waals surface area contributed by atoms with Crippen LogP contribution in [0.3, 0.4) is 0 Å². The highest BCUT2D eigenvalue weighted by molar-refractivity contribution is 5.91. The molecule has 0 aromatic heterocycles. The summed E-state index contributed by atoms with van der Waals surface area (Å²) in [5.41, 5.74) is 7.83. The van der Waals surface area contributed by atoms with Crippen molar-refractivity contribution < 1.29 is 6.16 Å². The van der Waals surface area contributed by atoms with Crippen LogP contribution in [0.2, 0.25) is 0 Å². The highest BCUT2D eigenvalue weighted by Crippen LogP contribution is 2.22. The van der Waals surface area contributed by atoms with Gasteiger partial charge in [0.25, 0.3) is 0 Å². The molecule has 1 aromatic carbocycles. The molecule has 0 radical (unpaired) electrons. The van der Waals surface area contributed by atoms with Crippen molar-refractivity contribution in [3.8, 4) is 0 Å². The molecule has 6 heteroatoms. The minimum Gasteiger partial charge on any atom is -0.378 e. The van der Waals surface area contributed by atoms with Crippen LogP contribution >= 0.6 is 0 Å². The fraction of sp³-hybridized carbons (Fsp3) is 0.444. The molecule has 0 bridgehead atoms. The van der Waals surface area contributed by atoms with Crippen LogP contribution in [-0.4, -0.2) is 62.5 Å². The first kappa shape index (κ1) is 16.7. The normalized spacial score (nSPS) is 20.9. The van der Waals surface area contributed by atoms with Gasteiger partial charge in [-0.25, -0.2) is 9.98 Å². The number of aliphatic imine (C=N–C) groups is 2. The maximum atomic E-state index is 5.78. The standard InChI is InChI=1S/C18H25N5O.H2/c1-2-3-8-20-18(19)21-15-4-6-16(7-5-15)22-9-11-23(12-10-22)17-13-24-14-17;/h2-8,17H,9-14H2,1H3,(H2,19,21);1H/b3-2+,20-8+;. The molecule has 3 rings (SSSR count). The number of guanidine groups is 1. The SMILES string of the molecule is C/C=C/C=N/C(N)=Nc1ccc(N2CCN(C3COC3)CC2)cc1.[HH]. The lowest BCUT2D eigenvalue weighted by atomic mass is 10.1. The molecule has 0 amide bonds. The van der Waals surface area contributed by atoms with Crippen LogP contribution in [-0.2, 0) is 4.74 Å². The highest BCUT2D eigenvalue weighted by Gasteiger charge is 2.28. The molecule has 2 saturated heterocycles. The Morgan fingerprint density at radius 1 is 1.21 bits per heavy atom. The van der Waals surface area contributed by atoms with Crippen molar-refractivity contribution in [2.24, 2.45) is 15.7 Å². The van der Waals surface area contributed by atoms with E-state index in [2.05, 4.69) is 31.9 Å². The van der Waals surface area contributed by atoms with E-state index < -0.39 is 0 Å². The first-order valence-electron chi connectivity index (χ1n) is 8.42. The lowest BCUT2D eigenvalue weighted by Gasteiger charge is -2.43. The average molecular weight is 329 g/mol. The molecule has 6 nitrogen and oxygen atoms in total. The molecule has 2 fully saturated rings. The third-order valence-electron chi connectivity index (χ3n) is 4.39. The number of allylic oxidation sites excluding steroid dienone is 2. The number of nitrogens with zero attached hydrogens (tertiary/aromatic N) is 4. The van der Waals surface area contributed by atoms with Gasteiger partial charge in [-0.1, -0.05) is 6.08 Å². The lowest BCUT2D eigenvalue weighted by molar-refractivity contribution is -0.0660. The topological polar surface area (TPSA) is 66.5 Å². The largest absolute Gasteiger partial charge is 0.378 e. The second-order valence-electron chi connectivity index (χ2n) is 6.00. The summed E-state index contributed by atoms with van der Waals surface area (Å²) in [7, 11) is 0. The predicted octanol–water partition coefficient (Wildman–Crippen LogP) is 2.05. The second-order valence-corrected chi connectivity index (χ2v) is 6.00.